The van der Waals surface area contributed by atoms with E-state index in [1.54, 1.807) is 25.3 Å². The third kappa shape index (κ3) is 5.11. The lowest BCUT2D eigenvalue weighted by molar-refractivity contribution is -0.119. The molecule has 12 heteroatoms. The molecule has 3 heterocycles. The van der Waals surface area contributed by atoms with Crippen molar-refractivity contribution in [3.8, 4) is 51.4 Å². The standard InChI is InChI=1S/C26H25N7O5/c1-15-19(4-3-11-28-22(34)13-27)23(16-5-7-17(35-2)8-6-16)24(25-30-32-33-31-25)26(29-15)38-18-9-10-20-21(12-18)37-14-36-20/h3-10,12H,11,13-14,27H2,1-2H3,(H,28,34)(H,30,31,32,33). The summed E-state index contributed by atoms with van der Waals surface area (Å²) in [4.78, 5) is 16.4. The van der Waals surface area contributed by atoms with Gasteiger partial charge in [-0.15, -0.1) is 10.2 Å². The van der Waals surface area contributed by atoms with Crippen molar-refractivity contribution in [3.05, 3.63) is 59.8 Å². The highest BCUT2D eigenvalue weighted by Gasteiger charge is 2.25. The van der Waals surface area contributed by atoms with Crippen molar-refractivity contribution in [2.75, 3.05) is 27.0 Å². The van der Waals surface area contributed by atoms with Crippen molar-refractivity contribution >= 4 is 12.0 Å². The minimum absolute atomic E-state index is 0.0839. The molecule has 2 aromatic carbocycles. The van der Waals surface area contributed by atoms with Gasteiger partial charge in [0.15, 0.2) is 11.5 Å². The Morgan fingerprint density at radius 1 is 1.13 bits per heavy atom. The number of pyridine rings is 1. The summed E-state index contributed by atoms with van der Waals surface area (Å²) in [5.74, 6) is 2.75. The van der Waals surface area contributed by atoms with Crippen molar-refractivity contribution in [3.63, 3.8) is 0 Å². The number of methoxy groups -OCH3 is 1. The quantitative estimate of drug-likeness (QED) is 0.302. The molecule has 1 amide bonds. The molecule has 38 heavy (non-hydrogen) atoms. The van der Waals surface area contributed by atoms with Crippen LogP contribution in [0.2, 0.25) is 0 Å². The fourth-order valence-electron chi connectivity index (χ4n) is 3.98. The number of nitrogens with zero attached hydrogens (tertiary/aromatic N) is 4. The van der Waals surface area contributed by atoms with Gasteiger partial charge < -0.3 is 30.0 Å². The first-order valence-electron chi connectivity index (χ1n) is 11.7. The number of hydrogen-bond donors (Lipinski definition) is 3. The van der Waals surface area contributed by atoms with Crippen molar-refractivity contribution in [1.82, 2.24) is 30.9 Å². The van der Waals surface area contributed by atoms with E-state index in [1.807, 2.05) is 43.3 Å². The highest BCUT2D eigenvalue weighted by atomic mass is 16.7. The van der Waals surface area contributed by atoms with E-state index in [0.29, 0.717) is 46.6 Å². The summed E-state index contributed by atoms with van der Waals surface area (Å²) < 4.78 is 22.5. The molecule has 4 N–H and O–H groups in total. The second-order valence-corrected chi connectivity index (χ2v) is 8.16. The van der Waals surface area contributed by atoms with E-state index in [-0.39, 0.29) is 25.1 Å². The Kier molecular flexibility index (Phi) is 7.13. The maximum absolute atomic E-state index is 11.6. The van der Waals surface area contributed by atoms with Crippen molar-refractivity contribution < 1.29 is 23.7 Å². The number of fused-ring (bicyclic) bond motifs is 1. The molecular formula is C26H25N7O5. The maximum Gasteiger partial charge on any atom is 0.233 e. The molecule has 4 aromatic rings. The Labute approximate surface area is 217 Å². The van der Waals surface area contributed by atoms with Gasteiger partial charge in [0.2, 0.25) is 24.4 Å². The number of ether oxygens (including phenoxy) is 4. The third-order valence-corrected chi connectivity index (χ3v) is 5.79. The largest absolute Gasteiger partial charge is 0.497 e. The maximum atomic E-state index is 11.6. The number of aryl methyl sites for hydroxylation is 1. The smallest absolute Gasteiger partial charge is 0.233 e. The van der Waals surface area contributed by atoms with Gasteiger partial charge in [0.05, 0.1) is 19.2 Å². The number of benzene rings is 2. The van der Waals surface area contributed by atoms with Gasteiger partial charge in [0.25, 0.3) is 0 Å². The molecule has 1 aliphatic heterocycles. The van der Waals surface area contributed by atoms with Crippen LogP contribution in [0.25, 0.3) is 28.6 Å². The van der Waals surface area contributed by atoms with Gasteiger partial charge in [0.1, 0.15) is 11.5 Å². The Hall–Kier alpha value is -4.97. The van der Waals surface area contributed by atoms with Crippen LogP contribution in [0.1, 0.15) is 11.3 Å². The summed E-state index contributed by atoms with van der Waals surface area (Å²) in [5, 5.41) is 17.5. The number of hydrogen-bond acceptors (Lipinski definition) is 10. The molecule has 12 nitrogen and oxygen atoms in total. The van der Waals surface area contributed by atoms with Gasteiger partial charge in [-0.1, -0.05) is 24.3 Å². The zero-order valence-electron chi connectivity index (χ0n) is 20.7. The first-order valence-corrected chi connectivity index (χ1v) is 11.7. The van der Waals surface area contributed by atoms with Gasteiger partial charge >= 0.3 is 0 Å². The van der Waals surface area contributed by atoms with Crippen LogP contribution >= 0.6 is 0 Å². The Morgan fingerprint density at radius 3 is 2.66 bits per heavy atom. The van der Waals surface area contributed by atoms with Gasteiger partial charge in [-0.3, -0.25) is 4.79 Å². The van der Waals surface area contributed by atoms with Gasteiger partial charge in [-0.25, -0.2) is 4.98 Å². The molecule has 0 fully saturated rings. The average Bonchev–Trinajstić information content (AvgIpc) is 3.64. The SMILES string of the molecule is COc1ccc(-c2c(C=CCNC(=O)CN)c(C)nc(Oc3ccc4c(c3)OCO4)c2-c2nn[nH]n2)cc1. The molecule has 0 bridgehead atoms. The van der Waals surface area contributed by atoms with Crippen molar-refractivity contribution in [2.45, 2.75) is 6.92 Å². The Bertz CT molecular complexity index is 1470. The zero-order valence-corrected chi connectivity index (χ0v) is 20.7. The van der Waals surface area contributed by atoms with Crippen LogP contribution in [0.5, 0.6) is 28.9 Å². The van der Waals surface area contributed by atoms with Crippen LogP contribution in [0.3, 0.4) is 0 Å². The first kappa shape index (κ1) is 24.7. The van der Waals surface area contributed by atoms with Crippen LogP contribution in [0, 0.1) is 6.92 Å². The minimum atomic E-state index is -0.250. The summed E-state index contributed by atoms with van der Waals surface area (Å²) >= 11 is 0. The topological polar surface area (TPSA) is 159 Å². The van der Waals surface area contributed by atoms with E-state index in [0.717, 1.165) is 16.7 Å². The number of rotatable bonds is 9. The van der Waals surface area contributed by atoms with E-state index in [1.165, 1.54) is 0 Å². The lowest BCUT2D eigenvalue weighted by Crippen LogP contribution is -2.30. The molecule has 0 spiro atoms. The lowest BCUT2D eigenvalue weighted by Gasteiger charge is -2.18. The van der Waals surface area contributed by atoms with E-state index in [2.05, 4.69) is 25.9 Å². The second kappa shape index (κ2) is 11.0. The molecule has 0 aliphatic carbocycles. The van der Waals surface area contributed by atoms with Crippen LogP contribution in [-0.2, 0) is 4.79 Å². The molecule has 0 unspecified atom stereocenters. The minimum Gasteiger partial charge on any atom is -0.497 e. The number of nitrogens with one attached hydrogen (secondary N) is 2. The van der Waals surface area contributed by atoms with Crippen LogP contribution < -0.4 is 30.0 Å². The molecule has 0 atom stereocenters. The van der Waals surface area contributed by atoms with Crippen molar-refractivity contribution in [1.29, 1.82) is 0 Å². The average molecular weight is 516 g/mol. The number of nitrogens with two attached hydrogens (primary N) is 1. The van der Waals surface area contributed by atoms with E-state index < -0.39 is 0 Å². The van der Waals surface area contributed by atoms with Crippen LogP contribution in [0.15, 0.2) is 48.5 Å². The third-order valence-electron chi connectivity index (χ3n) is 5.79. The molecule has 194 valence electrons. The monoisotopic (exact) mass is 515 g/mol. The number of tetrazole rings is 1. The number of carbonyl (C=O) groups excluding carboxylic acids is 1. The molecular weight excluding hydrogens is 490 g/mol. The predicted molar refractivity (Wildman–Crippen MR) is 138 cm³/mol. The summed E-state index contributed by atoms with van der Waals surface area (Å²) in [5.41, 5.74) is 8.99. The molecule has 0 radical (unpaired) electrons. The lowest BCUT2D eigenvalue weighted by atomic mass is 9.93. The summed E-state index contributed by atoms with van der Waals surface area (Å²) in [7, 11) is 1.61. The predicted octanol–water partition coefficient (Wildman–Crippen LogP) is 2.85. The van der Waals surface area contributed by atoms with Gasteiger partial charge in [0, 0.05) is 29.4 Å². The van der Waals surface area contributed by atoms with E-state index in [4.69, 9.17) is 29.7 Å². The van der Waals surface area contributed by atoms with Gasteiger partial charge in [-0.05, 0) is 42.0 Å². The molecule has 5 rings (SSSR count). The first-order chi connectivity index (χ1) is 18.6. The normalized spacial score (nSPS) is 12.1. The Morgan fingerprint density at radius 2 is 1.92 bits per heavy atom. The molecule has 1 aliphatic rings. The van der Waals surface area contributed by atoms with Crippen LogP contribution in [-0.4, -0.2) is 58.5 Å². The number of H-pyrrole nitrogens is 1. The number of aromatic amines is 1. The molecule has 0 saturated carbocycles. The highest BCUT2D eigenvalue weighted by Crippen LogP contribution is 2.43. The zero-order chi connectivity index (χ0) is 26.5. The number of carbonyl (C=O) groups is 1. The van der Waals surface area contributed by atoms with Crippen molar-refractivity contribution in [2.24, 2.45) is 5.73 Å². The highest BCUT2D eigenvalue weighted by molar-refractivity contribution is 5.91. The molecule has 0 saturated heterocycles. The van der Waals surface area contributed by atoms with E-state index in [9.17, 15) is 4.79 Å². The number of amides is 1. The van der Waals surface area contributed by atoms with Gasteiger partial charge in [-0.2, -0.15) is 5.21 Å². The summed E-state index contributed by atoms with van der Waals surface area (Å²) in [6.45, 7) is 2.24. The molecule has 2 aromatic heterocycles. The summed E-state index contributed by atoms with van der Waals surface area (Å²) in [6, 6.07) is 12.8. The Balaban J connectivity index is 1.66. The fourth-order valence-corrected chi connectivity index (χ4v) is 3.98. The number of aromatic nitrogens is 5. The van der Waals surface area contributed by atoms with E-state index >= 15 is 0 Å². The van der Waals surface area contributed by atoms with Crippen LogP contribution in [0.4, 0.5) is 0 Å². The fraction of sp³-hybridized carbons (Fsp3) is 0.192. The summed E-state index contributed by atoms with van der Waals surface area (Å²) in [6.07, 6.45) is 3.70. The second-order valence-electron chi connectivity index (χ2n) is 8.16.